The molecule has 0 aliphatic carbocycles. The number of aryl methyl sites for hydroxylation is 2. The maximum atomic E-state index is 12.8. The molecule has 2 amide bonds. The molecule has 6 heteroatoms. The fourth-order valence-electron chi connectivity index (χ4n) is 3.36. The minimum atomic E-state index is -0.365. The van der Waals surface area contributed by atoms with E-state index in [4.69, 9.17) is 4.74 Å². The molecule has 3 atom stereocenters. The molecular weight excluding hydrogens is 330 g/mol. The highest BCUT2D eigenvalue weighted by Crippen LogP contribution is 2.19. The van der Waals surface area contributed by atoms with Gasteiger partial charge in [-0.2, -0.15) is 0 Å². The fourth-order valence-corrected chi connectivity index (χ4v) is 3.36. The third-order valence-corrected chi connectivity index (χ3v) is 4.89. The van der Waals surface area contributed by atoms with Crippen LogP contribution < -0.4 is 5.32 Å². The van der Waals surface area contributed by atoms with Crippen LogP contribution in [0.25, 0.3) is 0 Å². The molecule has 26 heavy (non-hydrogen) atoms. The van der Waals surface area contributed by atoms with Gasteiger partial charge in [-0.25, -0.2) is 0 Å². The molecule has 2 rings (SSSR count). The molecule has 1 aromatic carbocycles. The SMILES string of the molecule is Cc1cccc(C)c1NC(=O)CN(C)[C@H](C)C(=O)N1C[C@H](C)O[C@@H](C)C1. The van der Waals surface area contributed by atoms with Gasteiger partial charge in [-0.05, 0) is 52.8 Å². The van der Waals surface area contributed by atoms with Crippen LogP contribution in [0.15, 0.2) is 18.2 Å². The first kappa shape index (κ1) is 20.4. The molecular formula is C20H31N3O3. The van der Waals surface area contributed by atoms with Crippen molar-refractivity contribution in [1.82, 2.24) is 9.80 Å². The van der Waals surface area contributed by atoms with Gasteiger partial charge in [0.05, 0.1) is 24.8 Å². The number of benzene rings is 1. The van der Waals surface area contributed by atoms with Gasteiger partial charge < -0.3 is 15.0 Å². The zero-order chi connectivity index (χ0) is 19.4. The van der Waals surface area contributed by atoms with Gasteiger partial charge in [-0.3, -0.25) is 14.5 Å². The predicted octanol–water partition coefficient (Wildman–Crippen LogP) is 2.20. The lowest BCUT2D eigenvalue weighted by molar-refractivity contribution is -0.148. The van der Waals surface area contributed by atoms with Crippen LogP contribution in [0.5, 0.6) is 0 Å². The molecule has 6 nitrogen and oxygen atoms in total. The molecule has 1 heterocycles. The van der Waals surface area contributed by atoms with Gasteiger partial charge in [0.15, 0.2) is 0 Å². The van der Waals surface area contributed by atoms with E-state index in [-0.39, 0.29) is 36.6 Å². The summed E-state index contributed by atoms with van der Waals surface area (Å²) >= 11 is 0. The van der Waals surface area contributed by atoms with Crippen molar-refractivity contribution in [2.75, 3.05) is 32.0 Å². The predicted molar refractivity (Wildman–Crippen MR) is 103 cm³/mol. The molecule has 1 N–H and O–H groups in total. The van der Waals surface area contributed by atoms with Gasteiger partial charge in [0.2, 0.25) is 11.8 Å². The summed E-state index contributed by atoms with van der Waals surface area (Å²) in [7, 11) is 1.81. The summed E-state index contributed by atoms with van der Waals surface area (Å²) in [5.74, 6) is -0.0809. The van der Waals surface area contributed by atoms with Crippen molar-refractivity contribution in [2.45, 2.75) is 52.9 Å². The average molecular weight is 361 g/mol. The van der Waals surface area contributed by atoms with Crippen molar-refractivity contribution < 1.29 is 14.3 Å². The van der Waals surface area contributed by atoms with E-state index in [1.807, 2.05) is 57.7 Å². The fraction of sp³-hybridized carbons (Fsp3) is 0.600. The summed E-state index contributed by atoms with van der Waals surface area (Å²) in [6, 6.07) is 5.55. The second-order valence-electron chi connectivity index (χ2n) is 7.41. The third-order valence-electron chi connectivity index (χ3n) is 4.89. The molecule has 0 unspecified atom stereocenters. The lowest BCUT2D eigenvalue weighted by Crippen LogP contribution is -2.54. The van der Waals surface area contributed by atoms with Gasteiger partial charge in [0.25, 0.3) is 0 Å². The summed E-state index contributed by atoms with van der Waals surface area (Å²) in [6.45, 7) is 11.1. The van der Waals surface area contributed by atoms with Gasteiger partial charge >= 0.3 is 0 Å². The van der Waals surface area contributed by atoms with Crippen LogP contribution in [0.4, 0.5) is 5.69 Å². The molecule has 0 bridgehead atoms. The van der Waals surface area contributed by atoms with Gasteiger partial charge in [0, 0.05) is 18.8 Å². The number of anilines is 1. The van der Waals surface area contributed by atoms with Crippen LogP contribution in [0.2, 0.25) is 0 Å². The number of hydrogen-bond acceptors (Lipinski definition) is 4. The van der Waals surface area contributed by atoms with E-state index in [0.717, 1.165) is 16.8 Å². The summed E-state index contributed by atoms with van der Waals surface area (Å²) < 4.78 is 5.69. The van der Waals surface area contributed by atoms with Crippen molar-refractivity contribution in [3.8, 4) is 0 Å². The zero-order valence-corrected chi connectivity index (χ0v) is 16.7. The minimum Gasteiger partial charge on any atom is -0.372 e. The number of nitrogens with one attached hydrogen (secondary N) is 1. The first-order valence-corrected chi connectivity index (χ1v) is 9.19. The number of carbonyl (C=O) groups is 2. The highest BCUT2D eigenvalue weighted by atomic mass is 16.5. The zero-order valence-electron chi connectivity index (χ0n) is 16.7. The van der Waals surface area contributed by atoms with Crippen molar-refractivity contribution in [3.63, 3.8) is 0 Å². The van der Waals surface area contributed by atoms with Crippen molar-refractivity contribution in [2.24, 2.45) is 0 Å². The van der Waals surface area contributed by atoms with Crippen molar-refractivity contribution in [1.29, 1.82) is 0 Å². The quantitative estimate of drug-likeness (QED) is 0.873. The third kappa shape index (κ3) is 5.05. The number of likely N-dealkylation sites (N-methyl/N-ethyl adjacent to an activating group) is 1. The molecule has 0 aromatic heterocycles. The van der Waals surface area contributed by atoms with Crippen molar-refractivity contribution >= 4 is 17.5 Å². The van der Waals surface area contributed by atoms with Gasteiger partial charge in [0.1, 0.15) is 0 Å². The standard InChI is InChI=1S/C20H31N3O3/c1-13-8-7-9-14(2)19(13)21-18(24)12-22(6)17(5)20(25)23-10-15(3)26-16(4)11-23/h7-9,15-17H,10-12H2,1-6H3,(H,21,24)/t15-,16-,17+/m0/s1. The average Bonchev–Trinajstić information content (AvgIpc) is 2.56. The Morgan fingerprint density at radius 3 is 2.31 bits per heavy atom. The highest BCUT2D eigenvalue weighted by molar-refractivity contribution is 5.94. The Balaban J connectivity index is 1.94. The number of para-hydroxylation sites is 1. The Bertz CT molecular complexity index is 631. The largest absolute Gasteiger partial charge is 0.372 e. The number of ether oxygens (including phenoxy) is 1. The van der Waals surface area contributed by atoms with E-state index in [1.54, 1.807) is 11.9 Å². The van der Waals surface area contributed by atoms with E-state index in [9.17, 15) is 9.59 Å². The summed E-state index contributed by atoms with van der Waals surface area (Å²) in [5, 5.41) is 2.97. The first-order valence-electron chi connectivity index (χ1n) is 9.19. The molecule has 0 spiro atoms. The van der Waals surface area contributed by atoms with Crippen LogP contribution in [-0.2, 0) is 14.3 Å². The van der Waals surface area contributed by atoms with E-state index >= 15 is 0 Å². The van der Waals surface area contributed by atoms with Crippen LogP contribution in [-0.4, -0.2) is 66.5 Å². The number of hydrogen-bond donors (Lipinski definition) is 1. The maximum Gasteiger partial charge on any atom is 0.239 e. The van der Waals surface area contributed by atoms with Crippen LogP contribution in [0.3, 0.4) is 0 Å². The molecule has 144 valence electrons. The second-order valence-corrected chi connectivity index (χ2v) is 7.41. The number of morpholine rings is 1. The number of nitrogens with zero attached hydrogens (tertiary/aromatic N) is 2. The first-order chi connectivity index (χ1) is 12.2. The maximum absolute atomic E-state index is 12.8. The van der Waals surface area contributed by atoms with Crippen LogP contribution in [0, 0.1) is 13.8 Å². The molecule has 1 saturated heterocycles. The van der Waals surface area contributed by atoms with Crippen LogP contribution >= 0.6 is 0 Å². The second kappa shape index (κ2) is 8.64. The number of amides is 2. The van der Waals surface area contributed by atoms with Crippen molar-refractivity contribution in [3.05, 3.63) is 29.3 Å². The van der Waals surface area contributed by atoms with Gasteiger partial charge in [-0.15, -0.1) is 0 Å². The van der Waals surface area contributed by atoms with E-state index < -0.39 is 0 Å². The Kier molecular flexibility index (Phi) is 6.78. The lowest BCUT2D eigenvalue weighted by Gasteiger charge is -2.38. The summed E-state index contributed by atoms with van der Waals surface area (Å²) in [4.78, 5) is 28.8. The Morgan fingerprint density at radius 1 is 1.23 bits per heavy atom. The molecule has 0 radical (unpaired) electrons. The Labute approximate surface area is 156 Å². The van der Waals surface area contributed by atoms with E-state index in [1.165, 1.54) is 0 Å². The molecule has 1 aliphatic heterocycles. The number of carbonyl (C=O) groups excluding carboxylic acids is 2. The minimum absolute atomic E-state index is 0.0348. The normalized spacial score (nSPS) is 21.6. The monoisotopic (exact) mass is 361 g/mol. The van der Waals surface area contributed by atoms with E-state index in [2.05, 4.69) is 5.32 Å². The van der Waals surface area contributed by atoms with E-state index in [0.29, 0.717) is 13.1 Å². The topological polar surface area (TPSA) is 61.9 Å². The van der Waals surface area contributed by atoms with Crippen LogP contribution in [0.1, 0.15) is 31.9 Å². The lowest BCUT2D eigenvalue weighted by atomic mass is 10.1. The summed E-state index contributed by atoms with van der Waals surface area (Å²) in [5.41, 5.74) is 2.91. The molecule has 1 fully saturated rings. The smallest absolute Gasteiger partial charge is 0.239 e. The number of rotatable bonds is 5. The highest BCUT2D eigenvalue weighted by Gasteiger charge is 2.30. The Hall–Kier alpha value is -1.92. The Morgan fingerprint density at radius 2 is 1.77 bits per heavy atom. The molecule has 1 aliphatic rings. The van der Waals surface area contributed by atoms with Gasteiger partial charge in [-0.1, -0.05) is 18.2 Å². The molecule has 0 saturated carbocycles. The molecule has 1 aromatic rings. The summed E-state index contributed by atoms with van der Waals surface area (Å²) in [6.07, 6.45) is 0.0695.